The smallest absolute Gasteiger partial charge is 0.202 e. The van der Waals surface area contributed by atoms with Crippen molar-refractivity contribution in [1.29, 1.82) is 0 Å². The van der Waals surface area contributed by atoms with Gasteiger partial charge in [0.2, 0.25) is 5.78 Å². The number of hydrogen-bond donors (Lipinski definition) is 1. The zero-order valence-electron chi connectivity index (χ0n) is 9.03. The van der Waals surface area contributed by atoms with E-state index < -0.39 is 0 Å². The van der Waals surface area contributed by atoms with E-state index in [0.29, 0.717) is 0 Å². The van der Waals surface area contributed by atoms with E-state index in [1.807, 2.05) is 14.0 Å². The molecule has 1 unspecified atom stereocenters. The maximum Gasteiger partial charge on any atom is 0.202 e. The molecule has 0 aliphatic rings. The molecular weight excluding hydrogens is 162 g/mol. The average Bonchev–Trinajstić information content (AvgIpc) is 2.11. The molecule has 0 saturated carbocycles. The van der Waals surface area contributed by atoms with Crippen molar-refractivity contribution in [3.05, 3.63) is 0 Å². The van der Waals surface area contributed by atoms with Crippen molar-refractivity contribution >= 4 is 5.78 Å². The van der Waals surface area contributed by atoms with Crippen molar-refractivity contribution in [2.24, 2.45) is 0 Å². The lowest BCUT2D eigenvalue weighted by atomic mass is 9.96. The van der Waals surface area contributed by atoms with Gasteiger partial charge in [-0.25, -0.2) is 0 Å². The zero-order valence-corrected chi connectivity index (χ0v) is 9.03. The van der Waals surface area contributed by atoms with Crippen LogP contribution in [-0.2, 0) is 4.79 Å². The molecule has 1 N–H and O–H groups in total. The van der Waals surface area contributed by atoms with Gasteiger partial charge in [0.1, 0.15) is 0 Å². The van der Waals surface area contributed by atoms with Crippen LogP contribution in [0.4, 0.5) is 0 Å². The summed E-state index contributed by atoms with van der Waals surface area (Å²) < 4.78 is 0. The van der Waals surface area contributed by atoms with Crippen molar-refractivity contribution < 1.29 is 4.79 Å². The van der Waals surface area contributed by atoms with Gasteiger partial charge in [0, 0.05) is 6.92 Å². The largest absolute Gasteiger partial charge is 0.304 e. The molecule has 0 aromatic carbocycles. The van der Waals surface area contributed by atoms with Crippen LogP contribution in [0, 0.1) is 11.8 Å². The summed E-state index contributed by atoms with van der Waals surface area (Å²) in [6, 6.07) is 0. The van der Waals surface area contributed by atoms with Crippen LogP contribution in [-0.4, -0.2) is 18.4 Å². The van der Waals surface area contributed by atoms with Gasteiger partial charge in [-0.15, -0.1) is 0 Å². The summed E-state index contributed by atoms with van der Waals surface area (Å²) in [5, 5.41) is 3.14. The van der Waals surface area contributed by atoms with E-state index in [2.05, 4.69) is 24.1 Å². The molecular formula is C11H19NO. The SMILES string of the molecule is CCCCC(C)(C#CC(C)=O)NC. The molecule has 0 fully saturated rings. The van der Waals surface area contributed by atoms with Crippen LogP contribution in [0.15, 0.2) is 0 Å². The Morgan fingerprint density at radius 3 is 2.54 bits per heavy atom. The zero-order chi connectivity index (χ0) is 10.3. The first-order chi connectivity index (χ1) is 6.04. The number of rotatable bonds is 4. The highest BCUT2D eigenvalue weighted by Gasteiger charge is 2.17. The van der Waals surface area contributed by atoms with Crippen molar-refractivity contribution in [2.45, 2.75) is 45.6 Å². The Kier molecular flexibility index (Phi) is 5.41. The molecule has 0 aliphatic heterocycles. The Morgan fingerprint density at radius 2 is 2.15 bits per heavy atom. The Hall–Kier alpha value is -0.810. The molecule has 2 nitrogen and oxygen atoms in total. The Bertz CT molecular complexity index is 224. The lowest BCUT2D eigenvalue weighted by molar-refractivity contribution is -0.111. The third kappa shape index (κ3) is 5.43. The van der Waals surface area contributed by atoms with E-state index in [0.717, 1.165) is 19.3 Å². The molecule has 0 heterocycles. The molecule has 0 spiro atoms. The van der Waals surface area contributed by atoms with Crippen molar-refractivity contribution in [1.82, 2.24) is 5.32 Å². The fourth-order valence-corrected chi connectivity index (χ4v) is 1.01. The van der Waals surface area contributed by atoms with Gasteiger partial charge in [0.25, 0.3) is 0 Å². The van der Waals surface area contributed by atoms with Crippen LogP contribution >= 0.6 is 0 Å². The lowest BCUT2D eigenvalue weighted by Gasteiger charge is -2.22. The Morgan fingerprint density at radius 1 is 1.54 bits per heavy atom. The minimum atomic E-state index is -0.207. The molecule has 0 amide bonds. The van der Waals surface area contributed by atoms with Crippen LogP contribution in [0.25, 0.3) is 0 Å². The maximum absolute atomic E-state index is 10.7. The summed E-state index contributed by atoms with van der Waals surface area (Å²) in [5.41, 5.74) is -0.207. The first kappa shape index (κ1) is 12.2. The highest BCUT2D eigenvalue weighted by molar-refractivity contribution is 5.93. The van der Waals surface area contributed by atoms with Crippen molar-refractivity contribution in [2.75, 3.05) is 7.05 Å². The molecule has 0 rings (SSSR count). The molecule has 0 aromatic rings. The van der Waals surface area contributed by atoms with Crippen LogP contribution in [0.2, 0.25) is 0 Å². The van der Waals surface area contributed by atoms with Crippen LogP contribution in [0.3, 0.4) is 0 Å². The summed E-state index contributed by atoms with van der Waals surface area (Å²) in [7, 11) is 1.88. The van der Waals surface area contributed by atoms with E-state index in [1.54, 1.807) is 0 Å². The third-order valence-corrected chi connectivity index (χ3v) is 2.10. The third-order valence-electron chi connectivity index (χ3n) is 2.10. The minimum absolute atomic E-state index is 0.0713. The normalized spacial score (nSPS) is 14.2. The second-order valence-electron chi connectivity index (χ2n) is 3.49. The van der Waals surface area contributed by atoms with E-state index in [1.165, 1.54) is 6.92 Å². The molecule has 0 radical (unpaired) electrons. The van der Waals surface area contributed by atoms with Gasteiger partial charge in [-0.2, -0.15) is 0 Å². The van der Waals surface area contributed by atoms with Crippen LogP contribution < -0.4 is 5.32 Å². The van der Waals surface area contributed by atoms with Gasteiger partial charge >= 0.3 is 0 Å². The monoisotopic (exact) mass is 181 g/mol. The topological polar surface area (TPSA) is 29.1 Å². The van der Waals surface area contributed by atoms with Crippen molar-refractivity contribution in [3.63, 3.8) is 0 Å². The van der Waals surface area contributed by atoms with Crippen LogP contribution in [0.5, 0.6) is 0 Å². The summed E-state index contributed by atoms with van der Waals surface area (Å²) in [6.07, 6.45) is 3.27. The summed E-state index contributed by atoms with van der Waals surface area (Å²) in [4.78, 5) is 10.7. The molecule has 13 heavy (non-hydrogen) atoms. The number of unbranched alkanes of at least 4 members (excludes halogenated alkanes) is 1. The number of carbonyl (C=O) groups excluding carboxylic acids is 1. The minimum Gasteiger partial charge on any atom is -0.304 e. The van der Waals surface area contributed by atoms with E-state index in [9.17, 15) is 4.79 Å². The van der Waals surface area contributed by atoms with Crippen LogP contribution in [0.1, 0.15) is 40.0 Å². The predicted molar refractivity (Wildman–Crippen MR) is 55.4 cm³/mol. The first-order valence-electron chi connectivity index (χ1n) is 4.76. The number of ketones is 1. The Balaban J connectivity index is 4.29. The highest BCUT2D eigenvalue weighted by atomic mass is 16.1. The summed E-state index contributed by atoms with van der Waals surface area (Å²) in [6.45, 7) is 5.66. The van der Waals surface area contributed by atoms with E-state index >= 15 is 0 Å². The molecule has 0 aromatic heterocycles. The predicted octanol–water partition coefficient (Wildman–Crippen LogP) is 1.75. The maximum atomic E-state index is 10.7. The second kappa shape index (κ2) is 5.77. The van der Waals surface area contributed by atoms with Crippen molar-refractivity contribution in [3.8, 4) is 11.8 Å². The molecule has 74 valence electrons. The van der Waals surface area contributed by atoms with Gasteiger partial charge in [-0.05, 0) is 26.3 Å². The molecule has 1 atom stereocenters. The van der Waals surface area contributed by atoms with Gasteiger partial charge < -0.3 is 5.32 Å². The highest BCUT2D eigenvalue weighted by Crippen LogP contribution is 2.11. The number of Topliss-reactive ketones (excluding diaryl/α,β-unsaturated/α-hetero) is 1. The fraction of sp³-hybridized carbons (Fsp3) is 0.727. The second-order valence-corrected chi connectivity index (χ2v) is 3.49. The number of carbonyl (C=O) groups is 1. The lowest BCUT2D eigenvalue weighted by Crippen LogP contribution is -2.38. The van der Waals surface area contributed by atoms with Gasteiger partial charge in [0.05, 0.1) is 5.54 Å². The number of hydrogen-bond acceptors (Lipinski definition) is 2. The molecule has 0 aliphatic carbocycles. The molecule has 0 saturated heterocycles. The van der Waals surface area contributed by atoms with Gasteiger partial charge in [-0.3, -0.25) is 4.79 Å². The summed E-state index contributed by atoms with van der Waals surface area (Å²) in [5.74, 6) is 5.49. The molecule has 2 heteroatoms. The first-order valence-corrected chi connectivity index (χ1v) is 4.76. The standard InChI is InChI=1S/C11H19NO/c1-5-6-8-11(3,12-4)9-7-10(2)13/h12H,5-6,8H2,1-4H3. The summed E-state index contributed by atoms with van der Waals surface area (Å²) >= 11 is 0. The number of nitrogens with one attached hydrogen (secondary N) is 1. The van der Waals surface area contributed by atoms with E-state index in [-0.39, 0.29) is 11.3 Å². The van der Waals surface area contributed by atoms with Gasteiger partial charge in [-0.1, -0.05) is 25.7 Å². The fourth-order valence-electron chi connectivity index (χ4n) is 1.01. The Labute approximate surface area is 81.1 Å². The van der Waals surface area contributed by atoms with E-state index in [4.69, 9.17) is 0 Å². The van der Waals surface area contributed by atoms with Gasteiger partial charge in [0.15, 0.2) is 0 Å². The quantitative estimate of drug-likeness (QED) is 0.529. The molecule has 0 bridgehead atoms. The average molecular weight is 181 g/mol.